The van der Waals surface area contributed by atoms with Crippen LogP contribution in [0, 0.1) is 11.3 Å². The Balaban J connectivity index is 2.61. The van der Waals surface area contributed by atoms with Crippen LogP contribution in [0.2, 0.25) is 0 Å². The Morgan fingerprint density at radius 3 is 2.46 bits per heavy atom. The molecule has 1 atom stereocenters. The van der Waals surface area contributed by atoms with Crippen molar-refractivity contribution >= 4 is 5.78 Å². The number of carbonyl (C=O) groups excluding carboxylic acids is 1. The molecule has 0 aliphatic carbocycles. The molecule has 0 aromatic rings. The van der Waals surface area contributed by atoms with Crippen LogP contribution in [-0.2, 0) is 4.79 Å². The molecule has 2 heteroatoms. The standard InChI is InChI=1S/C11H21NO/c1-4-9(2)10(13)11(3)5-7-12-8-6-11/h9,12H,4-8H2,1-3H3. The van der Waals surface area contributed by atoms with Gasteiger partial charge >= 0.3 is 0 Å². The molecule has 0 saturated carbocycles. The normalized spacial score (nSPS) is 23.9. The average Bonchev–Trinajstić information content (AvgIpc) is 2.16. The van der Waals surface area contributed by atoms with Crippen LogP contribution in [0.15, 0.2) is 0 Å². The van der Waals surface area contributed by atoms with Crippen molar-refractivity contribution in [1.82, 2.24) is 5.32 Å². The number of hydrogen-bond donors (Lipinski definition) is 1. The van der Waals surface area contributed by atoms with Gasteiger partial charge in [0.2, 0.25) is 0 Å². The van der Waals surface area contributed by atoms with Crippen molar-refractivity contribution in [2.75, 3.05) is 13.1 Å². The Morgan fingerprint density at radius 2 is 2.00 bits per heavy atom. The molecular formula is C11H21NO. The van der Waals surface area contributed by atoms with E-state index in [2.05, 4.69) is 26.1 Å². The minimum Gasteiger partial charge on any atom is -0.317 e. The number of hydrogen-bond acceptors (Lipinski definition) is 2. The number of ketones is 1. The van der Waals surface area contributed by atoms with E-state index in [-0.39, 0.29) is 11.3 Å². The third-order valence-electron chi connectivity index (χ3n) is 3.36. The van der Waals surface area contributed by atoms with Crippen molar-refractivity contribution in [3.8, 4) is 0 Å². The zero-order valence-corrected chi connectivity index (χ0v) is 9.02. The first kappa shape index (κ1) is 10.7. The van der Waals surface area contributed by atoms with E-state index in [0.29, 0.717) is 5.78 Å². The van der Waals surface area contributed by atoms with Crippen LogP contribution in [0.4, 0.5) is 0 Å². The van der Waals surface area contributed by atoms with E-state index in [9.17, 15) is 4.79 Å². The molecule has 1 aliphatic heterocycles. The highest BCUT2D eigenvalue weighted by Crippen LogP contribution is 2.32. The van der Waals surface area contributed by atoms with Gasteiger partial charge in [-0.15, -0.1) is 0 Å². The quantitative estimate of drug-likeness (QED) is 0.725. The van der Waals surface area contributed by atoms with Crippen LogP contribution in [-0.4, -0.2) is 18.9 Å². The van der Waals surface area contributed by atoms with Gasteiger partial charge in [0.25, 0.3) is 0 Å². The van der Waals surface area contributed by atoms with Gasteiger partial charge in [-0.3, -0.25) is 4.79 Å². The van der Waals surface area contributed by atoms with E-state index < -0.39 is 0 Å². The van der Waals surface area contributed by atoms with E-state index in [0.717, 1.165) is 32.4 Å². The van der Waals surface area contributed by atoms with Gasteiger partial charge in [-0.25, -0.2) is 0 Å². The Labute approximate surface area is 81.1 Å². The first-order valence-corrected chi connectivity index (χ1v) is 5.35. The molecule has 0 aromatic heterocycles. The lowest BCUT2D eigenvalue weighted by molar-refractivity contribution is -0.133. The summed E-state index contributed by atoms with van der Waals surface area (Å²) in [7, 11) is 0. The first-order chi connectivity index (χ1) is 6.10. The summed E-state index contributed by atoms with van der Waals surface area (Å²) in [6.07, 6.45) is 2.99. The topological polar surface area (TPSA) is 29.1 Å². The van der Waals surface area contributed by atoms with Crippen molar-refractivity contribution in [2.45, 2.75) is 40.0 Å². The molecule has 0 amide bonds. The first-order valence-electron chi connectivity index (χ1n) is 5.35. The number of nitrogens with one attached hydrogen (secondary N) is 1. The van der Waals surface area contributed by atoms with Crippen molar-refractivity contribution in [1.29, 1.82) is 0 Å². The summed E-state index contributed by atoms with van der Waals surface area (Å²) in [5.41, 5.74) is -0.0410. The fourth-order valence-corrected chi connectivity index (χ4v) is 2.01. The smallest absolute Gasteiger partial charge is 0.141 e. The molecule has 0 radical (unpaired) electrons. The summed E-state index contributed by atoms with van der Waals surface area (Å²) in [6, 6.07) is 0. The van der Waals surface area contributed by atoms with Crippen LogP contribution in [0.25, 0.3) is 0 Å². The molecule has 1 rings (SSSR count). The van der Waals surface area contributed by atoms with Crippen molar-refractivity contribution in [3.63, 3.8) is 0 Å². The summed E-state index contributed by atoms with van der Waals surface area (Å²) in [4.78, 5) is 12.0. The Hall–Kier alpha value is -0.370. The molecule has 1 N–H and O–H groups in total. The van der Waals surface area contributed by atoms with Gasteiger partial charge in [0.15, 0.2) is 0 Å². The molecule has 2 nitrogen and oxygen atoms in total. The molecule has 0 aromatic carbocycles. The maximum atomic E-state index is 12.0. The average molecular weight is 183 g/mol. The lowest BCUT2D eigenvalue weighted by atomic mass is 9.73. The van der Waals surface area contributed by atoms with Crippen molar-refractivity contribution in [2.24, 2.45) is 11.3 Å². The minimum atomic E-state index is -0.0410. The third-order valence-corrected chi connectivity index (χ3v) is 3.36. The van der Waals surface area contributed by atoms with Gasteiger partial charge in [-0.2, -0.15) is 0 Å². The molecule has 76 valence electrons. The summed E-state index contributed by atoms with van der Waals surface area (Å²) in [5, 5.41) is 3.30. The molecule has 13 heavy (non-hydrogen) atoms. The van der Waals surface area contributed by atoms with Gasteiger partial charge in [0, 0.05) is 11.3 Å². The van der Waals surface area contributed by atoms with Crippen LogP contribution in [0.1, 0.15) is 40.0 Å². The van der Waals surface area contributed by atoms with E-state index >= 15 is 0 Å². The highest BCUT2D eigenvalue weighted by molar-refractivity contribution is 5.86. The van der Waals surface area contributed by atoms with Gasteiger partial charge in [-0.05, 0) is 32.4 Å². The van der Waals surface area contributed by atoms with Crippen LogP contribution in [0.3, 0.4) is 0 Å². The molecule has 1 saturated heterocycles. The molecule has 1 fully saturated rings. The molecular weight excluding hydrogens is 162 g/mol. The number of Topliss-reactive ketones (excluding diaryl/α,β-unsaturated/α-hetero) is 1. The molecule has 0 bridgehead atoms. The summed E-state index contributed by atoms with van der Waals surface area (Å²) in [6.45, 7) is 8.27. The van der Waals surface area contributed by atoms with E-state index in [4.69, 9.17) is 0 Å². The van der Waals surface area contributed by atoms with Crippen LogP contribution in [0.5, 0.6) is 0 Å². The summed E-state index contributed by atoms with van der Waals surface area (Å²) < 4.78 is 0. The fraction of sp³-hybridized carbons (Fsp3) is 0.909. The van der Waals surface area contributed by atoms with Gasteiger partial charge in [-0.1, -0.05) is 20.8 Å². The van der Waals surface area contributed by atoms with Crippen LogP contribution < -0.4 is 5.32 Å². The summed E-state index contributed by atoms with van der Waals surface area (Å²) >= 11 is 0. The van der Waals surface area contributed by atoms with E-state index in [1.165, 1.54) is 0 Å². The maximum Gasteiger partial charge on any atom is 0.141 e. The lowest BCUT2D eigenvalue weighted by Gasteiger charge is -2.34. The highest BCUT2D eigenvalue weighted by Gasteiger charge is 2.36. The lowest BCUT2D eigenvalue weighted by Crippen LogP contribution is -2.42. The molecule has 1 aliphatic rings. The van der Waals surface area contributed by atoms with Gasteiger partial charge < -0.3 is 5.32 Å². The monoisotopic (exact) mass is 183 g/mol. The molecule has 1 unspecified atom stereocenters. The second-order valence-electron chi connectivity index (χ2n) is 4.48. The third kappa shape index (κ3) is 2.31. The number of piperidine rings is 1. The van der Waals surface area contributed by atoms with Crippen LogP contribution >= 0.6 is 0 Å². The summed E-state index contributed by atoms with van der Waals surface area (Å²) in [5.74, 6) is 0.708. The number of carbonyl (C=O) groups is 1. The minimum absolute atomic E-state index is 0.0410. The van der Waals surface area contributed by atoms with Crippen molar-refractivity contribution in [3.05, 3.63) is 0 Å². The zero-order chi connectivity index (χ0) is 9.90. The SMILES string of the molecule is CCC(C)C(=O)C1(C)CCNCC1. The zero-order valence-electron chi connectivity index (χ0n) is 9.02. The molecule has 0 spiro atoms. The predicted octanol–water partition coefficient (Wildman–Crippen LogP) is 1.99. The number of rotatable bonds is 3. The Bertz CT molecular complexity index is 183. The Kier molecular flexibility index (Phi) is 3.48. The van der Waals surface area contributed by atoms with Gasteiger partial charge in [0.1, 0.15) is 5.78 Å². The van der Waals surface area contributed by atoms with Gasteiger partial charge in [0.05, 0.1) is 0 Å². The maximum absolute atomic E-state index is 12.0. The fourth-order valence-electron chi connectivity index (χ4n) is 2.01. The Morgan fingerprint density at radius 1 is 1.46 bits per heavy atom. The molecule has 1 heterocycles. The van der Waals surface area contributed by atoms with E-state index in [1.54, 1.807) is 0 Å². The van der Waals surface area contributed by atoms with Crippen molar-refractivity contribution < 1.29 is 4.79 Å². The second kappa shape index (κ2) is 4.23. The largest absolute Gasteiger partial charge is 0.317 e. The van der Waals surface area contributed by atoms with E-state index in [1.807, 2.05) is 0 Å². The second-order valence-corrected chi connectivity index (χ2v) is 4.48. The highest BCUT2D eigenvalue weighted by atomic mass is 16.1. The predicted molar refractivity (Wildman–Crippen MR) is 54.7 cm³/mol.